The molecule has 0 aromatic heterocycles. The second kappa shape index (κ2) is 7.52. The average molecular weight is 295 g/mol. The number of esters is 1. The lowest BCUT2D eigenvalue weighted by Gasteiger charge is -2.22. The number of hydrogen-bond acceptors (Lipinski definition) is 4. The van der Waals surface area contributed by atoms with Gasteiger partial charge in [0.1, 0.15) is 5.82 Å². The molecule has 0 amide bonds. The number of nitrogens with one attached hydrogen (secondary N) is 1. The summed E-state index contributed by atoms with van der Waals surface area (Å²) in [6, 6.07) is 4.52. The van der Waals surface area contributed by atoms with E-state index >= 15 is 0 Å². The first-order chi connectivity index (χ1) is 10.1. The molecular formula is C16H22FNO3. The summed E-state index contributed by atoms with van der Waals surface area (Å²) in [4.78, 5) is 11.3. The highest BCUT2D eigenvalue weighted by molar-refractivity contribution is 5.89. The zero-order chi connectivity index (χ0) is 15.2. The Morgan fingerprint density at radius 1 is 1.38 bits per heavy atom. The van der Waals surface area contributed by atoms with Gasteiger partial charge in [0.05, 0.1) is 18.8 Å². The Morgan fingerprint density at radius 3 is 2.86 bits per heavy atom. The number of carbonyl (C=O) groups is 1. The van der Waals surface area contributed by atoms with Crippen LogP contribution in [0.3, 0.4) is 0 Å². The Kier molecular flexibility index (Phi) is 5.70. The molecule has 116 valence electrons. The zero-order valence-corrected chi connectivity index (χ0v) is 12.3. The number of carbonyl (C=O) groups excluding carboxylic acids is 1. The van der Waals surface area contributed by atoms with Crippen LogP contribution in [-0.2, 0) is 11.3 Å². The molecule has 1 aromatic carbocycles. The standard InChI is InChI=1S/C16H22FNO3/c1-21-16(20)12-8-7-11(9-13(12)17)10-18-14-5-3-2-4-6-15(14)19/h7-9,14-15,18-19H,2-6,10H2,1H3. The zero-order valence-electron chi connectivity index (χ0n) is 12.3. The molecule has 1 saturated carbocycles. The SMILES string of the molecule is COC(=O)c1ccc(CNC2CCCCCC2O)cc1F. The lowest BCUT2D eigenvalue weighted by atomic mass is 10.1. The van der Waals surface area contributed by atoms with Crippen LogP contribution >= 0.6 is 0 Å². The van der Waals surface area contributed by atoms with Gasteiger partial charge in [0, 0.05) is 12.6 Å². The maximum absolute atomic E-state index is 13.8. The van der Waals surface area contributed by atoms with E-state index in [4.69, 9.17) is 0 Å². The molecule has 1 aliphatic carbocycles. The van der Waals surface area contributed by atoms with Crippen molar-refractivity contribution in [3.05, 3.63) is 35.1 Å². The van der Waals surface area contributed by atoms with Crippen LogP contribution in [0.5, 0.6) is 0 Å². The lowest BCUT2D eigenvalue weighted by molar-refractivity contribution is 0.0595. The van der Waals surface area contributed by atoms with Gasteiger partial charge in [-0.15, -0.1) is 0 Å². The quantitative estimate of drug-likeness (QED) is 0.661. The van der Waals surface area contributed by atoms with E-state index in [1.165, 1.54) is 19.2 Å². The molecule has 4 nitrogen and oxygen atoms in total. The van der Waals surface area contributed by atoms with Crippen LogP contribution in [0.25, 0.3) is 0 Å². The van der Waals surface area contributed by atoms with E-state index in [0.717, 1.165) is 37.7 Å². The van der Waals surface area contributed by atoms with Crippen molar-refractivity contribution in [1.29, 1.82) is 0 Å². The molecule has 0 saturated heterocycles. The molecule has 0 spiro atoms. The van der Waals surface area contributed by atoms with E-state index in [0.29, 0.717) is 6.54 Å². The van der Waals surface area contributed by atoms with Crippen molar-refractivity contribution in [2.75, 3.05) is 7.11 Å². The second-order valence-electron chi connectivity index (χ2n) is 5.50. The summed E-state index contributed by atoms with van der Waals surface area (Å²) in [6.07, 6.45) is 4.72. The highest BCUT2D eigenvalue weighted by Gasteiger charge is 2.21. The number of aliphatic hydroxyl groups is 1. The Labute approximate surface area is 124 Å². The smallest absolute Gasteiger partial charge is 0.340 e. The first-order valence-corrected chi connectivity index (χ1v) is 7.40. The molecule has 21 heavy (non-hydrogen) atoms. The largest absolute Gasteiger partial charge is 0.465 e. The number of methoxy groups -OCH3 is 1. The van der Waals surface area contributed by atoms with Gasteiger partial charge in [-0.2, -0.15) is 0 Å². The van der Waals surface area contributed by atoms with E-state index in [1.54, 1.807) is 6.07 Å². The number of aliphatic hydroxyl groups excluding tert-OH is 1. The minimum Gasteiger partial charge on any atom is -0.465 e. The number of benzene rings is 1. The van der Waals surface area contributed by atoms with Gasteiger partial charge in [-0.3, -0.25) is 0 Å². The number of hydrogen-bond donors (Lipinski definition) is 2. The summed E-state index contributed by atoms with van der Waals surface area (Å²) in [5, 5.41) is 13.3. The molecule has 0 radical (unpaired) electrons. The summed E-state index contributed by atoms with van der Waals surface area (Å²) in [7, 11) is 1.23. The van der Waals surface area contributed by atoms with Crippen LogP contribution in [0.15, 0.2) is 18.2 Å². The van der Waals surface area contributed by atoms with E-state index in [2.05, 4.69) is 10.1 Å². The summed E-state index contributed by atoms with van der Waals surface area (Å²) < 4.78 is 18.3. The molecule has 0 aliphatic heterocycles. The van der Waals surface area contributed by atoms with Gasteiger partial charge >= 0.3 is 5.97 Å². The Morgan fingerprint density at radius 2 is 2.14 bits per heavy atom. The Hall–Kier alpha value is -1.46. The van der Waals surface area contributed by atoms with Crippen molar-refractivity contribution in [2.45, 2.75) is 50.8 Å². The fourth-order valence-electron chi connectivity index (χ4n) is 2.72. The highest BCUT2D eigenvalue weighted by atomic mass is 19.1. The van der Waals surface area contributed by atoms with Crippen LogP contribution in [0.2, 0.25) is 0 Å². The van der Waals surface area contributed by atoms with Gasteiger partial charge in [0.2, 0.25) is 0 Å². The lowest BCUT2D eigenvalue weighted by Crippen LogP contribution is -2.38. The predicted octanol–water partition coefficient (Wildman–Crippen LogP) is 2.40. The summed E-state index contributed by atoms with van der Waals surface area (Å²) in [5.41, 5.74) is 0.687. The average Bonchev–Trinajstić information content (AvgIpc) is 2.69. The molecule has 2 rings (SSSR count). The van der Waals surface area contributed by atoms with Crippen molar-refractivity contribution < 1.29 is 19.0 Å². The minimum atomic E-state index is -0.675. The molecule has 1 aliphatic rings. The molecule has 0 bridgehead atoms. The van der Waals surface area contributed by atoms with Gasteiger partial charge in [-0.1, -0.05) is 25.3 Å². The molecule has 1 aromatic rings. The third-order valence-electron chi connectivity index (χ3n) is 3.99. The predicted molar refractivity (Wildman–Crippen MR) is 77.5 cm³/mol. The molecule has 2 unspecified atom stereocenters. The summed E-state index contributed by atoms with van der Waals surface area (Å²) in [5.74, 6) is -1.26. The van der Waals surface area contributed by atoms with Crippen molar-refractivity contribution >= 4 is 5.97 Å². The highest BCUT2D eigenvalue weighted by Crippen LogP contribution is 2.19. The van der Waals surface area contributed by atoms with Crippen molar-refractivity contribution in [3.8, 4) is 0 Å². The van der Waals surface area contributed by atoms with E-state index in [-0.39, 0.29) is 17.7 Å². The van der Waals surface area contributed by atoms with Crippen LogP contribution in [0.1, 0.15) is 48.0 Å². The molecule has 5 heteroatoms. The Balaban J connectivity index is 1.96. The third kappa shape index (κ3) is 4.25. The van der Waals surface area contributed by atoms with E-state index in [9.17, 15) is 14.3 Å². The Bertz CT molecular complexity index is 492. The van der Waals surface area contributed by atoms with Crippen LogP contribution < -0.4 is 5.32 Å². The molecule has 2 N–H and O–H groups in total. The topological polar surface area (TPSA) is 58.6 Å². The van der Waals surface area contributed by atoms with E-state index < -0.39 is 11.8 Å². The summed E-state index contributed by atoms with van der Waals surface area (Å²) >= 11 is 0. The molecular weight excluding hydrogens is 273 g/mol. The van der Waals surface area contributed by atoms with Crippen LogP contribution in [0, 0.1) is 5.82 Å². The number of rotatable bonds is 4. The number of halogens is 1. The first kappa shape index (κ1) is 15.9. The second-order valence-corrected chi connectivity index (χ2v) is 5.50. The fraction of sp³-hybridized carbons (Fsp3) is 0.562. The van der Waals surface area contributed by atoms with Crippen molar-refractivity contribution in [3.63, 3.8) is 0 Å². The molecule has 2 atom stereocenters. The number of ether oxygens (including phenoxy) is 1. The fourth-order valence-corrected chi connectivity index (χ4v) is 2.72. The van der Waals surface area contributed by atoms with Crippen molar-refractivity contribution in [2.24, 2.45) is 0 Å². The van der Waals surface area contributed by atoms with Gasteiger partial charge in [0.15, 0.2) is 0 Å². The van der Waals surface area contributed by atoms with Gasteiger partial charge in [-0.05, 0) is 30.5 Å². The molecule has 1 fully saturated rings. The first-order valence-electron chi connectivity index (χ1n) is 7.40. The minimum absolute atomic E-state index is 0.0517. The van der Waals surface area contributed by atoms with Crippen LogP contribution in [0.4, 0.5) is 4.39 Å². The van der Waals surface area contributed by atoms with E-state index in [1.807, 2.05) is 0 Å². The van der Waals surface area contributed by atoms with Gasteiger partial charge in [0.25, 0.3) is 0 Å². The van der Waals surface area contributed by atoms with Gasteiger partial charge in [-0.25, -0.2) is 9.18 Å². The maximum atomic E-state index is 13.8. The van der Waals surface area contributed by atoms with Crippen molar-refractivity contribution in [1.82, 2.24) is 5.32 Å². The monoisotopic (exact) mass is 295 g/mol. The normalized spacial score (nSPS) is 22.6. The maximum Gasteiger partial charge on any atom is 0.340 e. The third-order valence-corrected chi connectivity index (χ3v) is 3.99. The van der Waals surface area contributed by atoms with Gasteiger partial charge < -0.3 is 15.2 Å². The van der Waals surface area contributed by atoms with Crippen LogP contribution in [-0.4, -0.2) is 30.3 Å². The summed E-state index contributed by atoms with van der Waals surface area (Å²) in [6.45, 7) is 0.472. The molecule has 0 heterocycles.